The van der Waals surface area contributed by atoms with Crippen LogP contribution < -0.4 is 15.4 Å². The Labute approximate surface area is 240 Å². The first-order valence-electron chi connectivity index (χ1n) is 16.5. The highest BCUT2D eigenvalue weighted by molar-refractivity contribution is 6.00. The van der Waals surface area contributed by atoms with E-state index in [4.69, 9.17) is 4.74 Å². The van der Waals surface area contributed by atoms with Crippen molar-refractivity contribution in [2.75, 3.05) is 19.7 Å². The fraction of sp³-hybridized carbons (Fsp3) is 0.765. The molecule has 0 aliphatic rings. The van der Waals surface area contributed by atoms with E-state index in [0.29, 0.717) is 36.6 Å². The second kappa shape index (κ2) is 25.0. The van der Waals surface area contributed by atoms with E-state index in [-0.39, 0.29) is 11.8 Å². The quantitative estimate of drug-likeness (QED) is 0.114. The molecule has 0 spiro atoms. The summed E-state index contributed by atoms with van der Waals surface area (Å²) in [5.74, 6) is 0.300. The fourth-order valence-corrected chi connectivity index (χ4v) is 4.80. The van der Waals surface area contributed by atoms with Crippen LogP contribution in [0.1, 0.15) is 170 Å². The van der Waals surface area contributed by atoms with Crippen molar-refractivity contribution in [2.45, 2.75) is 149 Å². The lowest BCUT2D eigenvalue weighted by atomic mass is 10.1. The molecule has 2 N–H and O–H groups in total. The highest BCUT2D eigenvalue weighted by Gasteiger charge is 2.16. The van der Waals surface area contributed by atoms with Crippen molar-refractivity contribution in [2.24, 2.45) is 0 Å². The van der Waals surface area contributed by atoms with Gasteiger partial charge < -0.3 is 15.4 Å². The highest BCUT2D eigenvalue weighted by atomic mass is 16.5. The zero-order valence-electron chi connectivity index (χ0n) is 25.7. The smallest absolute Gasteiger partial charge is 0.255 e. The van der Waals surface area contributed by atoms with Crippen LogP contribution >= 0.6 is 0 Å². The second-order valence-corrected chi connectivity index (χ2v) is 11.1. The summed E-state index contributed by atoms with van der Waals surface area (Å²) in [5, 5.41) is 6.07. The Kier molecular flexibility index (Phi) is 22.4. The van der Waals surface area contributed by atoms with Crippen molar-refractivity contribution in [1.29, 1.82) is 0 Å². The van der Waals surface area contributed by atoms with Gasteiger partial charge in [0.25, 0.3) is 11.8 Å². The number of benzene rings is 1. The molecule has 39 heavy (non-hydrogen) atoms. The average Bonchev–Trinajstić information content (AvgIpc) is 2.95. The zero-order chi connectivity index (χ0) is 28.4. The van der Waals surface area contributed by atoms with Crippen LogP contribution in [0.25, 0.3) is 0 Å². The normalized spacial score (nSPS) is 10.9. The van der Waals surface area contributed by atoms with Gasteiger partial charge >= 0.3 is 0 Å². The minimum atomic E-state index is -0.119. The lowest BCUT2D eigenvalue weighted by molar-refractivity contribution is 0.0937. The SMILES string of the molecule is CCCCCCCCCCCCOc1cc(C(=O)NCCCCCCC)ccc1C(=O)NCCCCCCC. The molecule has 0 radical (unpaired) electrons. The Bertz CT molecular complexity index is 750. The maximum absolute atomic E-state index is 12.9. The van der Waals surface area contributed by atoms with Crippen LogP contribution in [0.3, 0.4) is 0 Å². The molecule has 0 aliphatic heterocycles. The summed E-state index contributed by atoms with van der Waals surface area (Å²) in [6, 6.07) is 5.24. The number of amides is 2. The average molecular weight is 545 g/mol. The Morgan fingerprint density at radius 1 is 0.564 bits per heavy atom. The van der Waals surface area contributed by atoms with Gasteiger partial charge in [-0.3, -0.25) is 9.59 Å². The summed E-state index contributed by atoms with van der Waals surface area (Å²) in [4.78, 5) is 25.7. The van der Waals surface area contributed by atoms with E-state index >= 15 is 0 Å². The second-order valence-electron chi connectivity index (χ2n) is 11.1. The van der Waals surface area contributed by atoms with Gasteiger partial charge in [-0.05, 0) is 37.5 Å². The summed E-state index contributed by atoms with van der Waals surface area (Å²) >= 11 is 0. The van der Waals surface area contributed by atoms with E-state index in [0.717, 1.165) is 38.5 Å². The molecule has 0 saturated carbocycles. The molecule has 0 atom stereocenters. The molecule has 0 aromatic heterocycles. The van der Waals surface area contributed by atoms with Crippen LogP contribution in [0.5, 0.6) is 5.75 Å². The third-order valence-electron chi connectivity index (χ3n) is 7.38. The van der Waals surface area contributed by atoms with Gasteiger partial charge in [0.15, 0.2) is 0 Å². The van der Waals surface area contributed by atoms with E-state index in [1.807, 2.05) is 0 Å². The van der Waals surface area contributed by atoms with Gasteiger partial charge in [-0.25, -0.2) is 0 Å². The summed E-state index contributed by atoms with van der Waals surface area (Å²) < 4.78 is 6.11. The van der Waals surface area contributed by atoms with E-state index in [1.54, 1.807) is 18.2 Å². The molecule has 224 valence electrons. The number of rotatable bonds is 26. The van der Waals surface area contributed by atoms with Gasteiger partial charge in [0, 0.05) is 18.7 Å². The van der Waals surface area contributed by atoms with Gasteiger partial charge in [-0.2, -0.15) is 0 Å². The number of ether oxygens (including phenoxy) is 1. The minimum absolute atomic E-state index is 0.0999. The van der Waals surface area contributed by atoms with Gasteiger partial charge in [-0.1, -0.05) is 130 Å². The molecule has 2 amide bonds. The number of nitrogens with one attached hydrogen (secondary N) is 2. The summed E-state index contributed by atoms with van der Waals surface area (Å²) in [7, 11) is 0. The first-order chi connectivity index (χ1) is 19.1. The number of hydrogen-bond acceptors (Lipinski definition) is 3. The van der Waals surface area contributed by atoms with Crippen LogP contribution in [-0.2, 0) is 0 Å². The van der Waals surface area contributed by atoms with Crippen LogP contribution in [0.4, 0.5) is 0 Å². The maximum atomic E-state index is 12.9. The predicted molar refractivity (Wildman–Crippen MR) is 166 cm³/mol. The van der Waals surface area contributed by atoms with Crippen molar-refractivity contribution in [3.05, 3.63) is 29.3 Å². The van der Waals surface area contributed by atoms with Crippen molar-refractivity contribution in [1.82, 2.24) is 10.6 Å². The molecule has 0 saturated heterocycles. The molecular formula is C34H60N2O3. The van der Waals surface area contributed by atoms with Gasteiger partial charge in [-0.15, -0.1) is 0 Å². The molecule has 5 nitrogen and oxygen atoms in total. The monoisotopic (exact) mass is 544 g/mol. The largest absolute Gasteiger partial charge is 0.493 e. The third-order valence-corrected chi connectivity index (χ3v) is 7.38. The lowest BCUT2D eigenvalue weighted by Crippen LogP contribution is -2.26. The third kappa shape index (κ3) is 18.0. The van der Waals surface area contributed by atoms with E-state index < -0.39 is 0 Å². The van der Waals surface area contributed by atoms with E-state index in [1.165, 1.54) is 89.9 Å². The summed E-state index contributed by atoms with van der Waals surface area (Å²) in [6.45, 7) is 8.58. The topological polar surface area (TPSA) is 67.4 Å². The standard InChI is InChI=1S/C34H60N2O3/c1-4-7-10-13-14-15-16-17-20-23-28-39-32-29-30(33(37)35-26-21-18-11-8-5-2)24-25-31(32)34(38)36-27-22-19-12-9-6-3/h24-25,29H,4-23,26-28H2,1-3H3,(H,35,37)(H,36,38). The van der Waals surface area contributed by atoms with Crippen molar-refractivity contribution in [3.8, 4) is 5.75 Å². The summed E-state index contributed by atoms with van der Waals surface area (Å²) in [5.41, 5.74) is 1.07. The Hall–Kier alpha value is -2.04. The molecule has 1 aromatic rings. The summed E-state index contributed by atoms with van der Waals surface area (Å²) in [6.07, 6.45) is 24.3. The van der Waals surface area contributed by atoms with Crippen molar-refractivity contribution < 1.29 is 14.3 Å². The maximum Gasteiger partial charge on any atom is 0.255 e. The molecular weight excluding hydrogens is 484 g/mol. The van der Waals surface area contributed by atoms with Gasteiger partial charge in [0.2, 0.25) is 0 Å². The Morgan fingerprint density at radius 3 is 1.51 bits per heavy atom. The number of unbranched alkanes of at least 4 members (excludes halogenated alkanes) is 17. The van der Waals surface area contributed by atoms with Crippen LogP contribution in [0, 0.1) is 0 Å². The van der Waals surface area contributed by atoms with Gasteiger partial charge in [0.1, 0.15) is 5.75 Å². The van der Waals surface area contributed by atoms with E-state index in [2.05, 4.69) is 31.4 Å². The van der Waals surface area contributed by atoms with Crippen molar-refractivity contribution >= 4 is 11.8 Å². The fourth-order valence-electron chi connectivity index (χ4n) is 4.80. The van der Waals surface area contributed by atoms with Gasteiger partial charge in [0.05, 0.1) is 12.2 Å². The number of carbonyl (C=O) groups is 2. The first-order valence-corrected chi connectivity index (χ1v) is 16.5. The van der Waals surface area contributed by atoms with E-state index in [9.17, 15) is 9.59 Å². The minimum Gasteiger partial charge on any atom is -0.493 e. The molecule has 1 rings (SSSR count). The highest BCUT2D eigenvalue weighted by Crippen LogP contribution is 2.22. The van der Waals surface area contributed by atoms with Crippen LogP contribution in [-0.4, -0.2) is 31.5 Å². The molecule has 0 bridgehead atoms. The Morgan fingerprint density at radius 2 is 1.00 bits per heavy atom. The van der Waals surface area contributed by atoms with Crippen molar-refractivity contribution in [3.63, 3.8) is 0 Å². The molecule has 0 unspecified atom stereocenters. The molecule has 0 heterocycles. The Balaban J connectivity index is 2.57. The predicted octanol–water partition coefficient (Wildman–Crippen LogP) is 9.39. The number of carbonyl (C=O) groups excluding carboxylic acids is 2. The number of hydrogen-bond donors (Lipinski definition) is 2. The molecule has 0 aliphatic carbocycles. The molecule has 1 aromatic carbocycles. The first kappa shape index (κ1) is 35.0. The van der Waals surface area contributed by atoms with Crippen LogP contribution in [0.15, 0.2) is 18.2 Å². The molecule has 0 fully saturated rings. The zero-order valence-corrected chi connectivity index (χ0v) is 25.7. The van der Waals surface area contributed by atoms with Crippen LogP contribution in [0.2, 0.25) is 0 Å². The lowest BCUT2D eigenvalue weighted by Gasteiger charge is -2.14. The molecule has 5 heteroatoms.